The van der Waals surface area contributed by atoms with E-state index in [-0.39, 0.29) is 11.7 Å². The van der Waals surface area contributed by atoms with Gasteiger partial charge in [-0.05, 0) is 74.0 Å². The number of hydrogen-bond donors (Lipinski definition) is 2. The van der Waals surface area contributed by atoms with Crippen molar-refractivity contribution < 1.29 is 19.1 Å². The summed E-state index contributed by atoms with van der Waals surface area (Å²) in [6, 6.07) is 20.0. The number of nitrogens with two attached hydrogens (primary N) is 1. The number of likely N-dealkylation sites (tertiary alicyclic amines) is 1. The number of halogens is 2. The Morgan fingerprint density at radius 1 is 1.02 bits per heavy atom. The molecule has 42 heavy (non-hydrogen) atoms. The molecule has 0 aromatic heterocycles. The molecule has 3 aromatic carbocycles. The lowest BCUT2D eigenvalue weighted by Gasteiger charge is -2.55. The van der Waals surface area contributed by atoms with E-state index in [1.54, 1.807) is 36.3 Å². The minimum atomic E-state index is -1.15. The summed E-state index contributed by atoms with van der Waals surface area (Å²) >= 11 is 13.0. The molecule has 0 radical (unpaired) electrons. The number of hydrogen-bond acceptors (Lipinski definition) is 5. The van der Waals surface area contributed by atoms with Gasteiger partial charge in [-0.15, -0.1) is 0 Å². The second-order valence-corrected chi connectivity index (χ2v) is 12.2. The van der Waals surface area contributed by atoms with Crippen LogP contribution in [0.2, 0.25) is 10.0 Å². The third kappa shape index (κ3) is 5.12. The zero-order valence-electron chi connectivity index (χ0n) is 24.2. The van der Waals surface area contributed by atoms with Crippen molar-refractivity contribution in [1.29, 1.82) is 0 Å². The van der Waals surface area contributed by atoms with Gasteiger partial charge in [-0.3, -0.25) is 4.79 Å². The standard InChI is InChI=1S/C33H37Cl2N3O4/c1-32(30(39)25-11-10-24(41-2)19-28(25)42-3,33(14-15-37-20-33)23-9-12-26(34)27(35)18-23)29-17-22(13-16-38(29)31(36)40)21-7-5-4-6-8-21/h4-12,18-19,22,29,37H,13-17,20H2,1-3H3,(H2,36,40). The molecule has 9 heteroatoms. The Morgan fingerprint density at radius 3 is 2.40 bits per heavy atom. The van der Waals surface area contributed by atoms with E-state index in [9.17, 15) is 4.79 Å². The number of methoxy groups -OCH3 is 2. The van der Waals surface area contributed by atoms with Gasteiger partial charge in [0.2, 0.25) is 0 Å². The Bertz CT molecular complexity index is 1460. The molecule has 7 nitrogen and oxygen atoms in total. The van der Waals surface area contributed by atoms with Crippen LogP contribution in [0.1, 0.15) is 53.6 Å². The highest BCUT2D eigenvalue weighted by atomic mass is 35.5. The molecule has 2 fully saturated rings. The average molecular weight is 611 g/mol. The van der Waals surface area contributed by atoms with E-state index in [1.165, 1.54) is 12.7 Å². The molecule has 4 atom stereocenters. The lowest BCUT2D eigenvalue weighted by Crippen LogP contribution is -2.65. The highest BCUT2D eigenvalue weighted by molar-refractivity contribution is 6.42. The molecule has 5 rings (SSSR count). The molecule has 2 amide bonds. The van der Waals surface area contributed by atoms with Gasteiger partial charge in [-0.25, -0.2) is 4.79 Å². The number of piperidine rings is 1. The summed E-state index contributed by atoms with van der Waals surface area (Å²) in [7, 11) is 3.11. The zero-order chi connectivity index (χ0) is 30.1. The summed E-state index contributed by atoms with van der Waals surface area (Å²) in [6.45, 7) is 3.62. The number of amides is 2. The fraction of sp³-hybridized carbons (Fsp3) is 0.394. The molecule has 222 valence electrons. The summed E-state index contributed by atoms with van der Waals surface area (Å²) in [5, 5.41) is 4.37. The van der Waals surface area contributed by atoms with Gasteiger partial charge >= 0.3 is 6.03 Å². The highest BCUT2D eigenvalue weighted by Gasteiger charge is 2.62. The lowest BCUT2D eigenvalue weighted by atomic mass is 9.52. The summed E-state index contributed by atoms with van der Waals surface area (Å²) in [5.41, 5.74) is 6.65. The van der Waals surface area contributed by atoms with Crippen molar-refractivity contribution in [3.63, 3.8) is 0 Å². The number of ketones is 1. The first kappa shape index (κ1) is 30.2. The molecule has 2 aliphatic heterocycles. The number of benzene rings is 3. The van der Waals surface area contributed by atoms with Crippen LogP contribution in [-0.4, -0.2) is 56.6 Å². The Hall–Kier alpha value is -3.26. The Kier molecular flexibility index (Phi) is 8.74. The van der Waals surface area contributed by atoms with E-state index in [1.807, 2.05) is 37.3 Å². The number of ether oxygens (including phenoxy) is 2. The maximum absolute atomic E-state index is 15.3. The number of nitrogens with one attached hydrogen (secondary N) is 1. The third-order valence-corrected chi connectivity index (χ3v) is 10.3. The quantitative estimate of drug-likeness (QED) is 0.286. The molecule has 3 N–H and O–H groups in total. The van der Waals surface area contributed by atoms with Crippen LogP contribution in [0.15, 0.2) is 66.7 Å². The number of primary amides is 1. The number of nitrogens with zero attached hydrogens (tertiary/aromatic N) is 1. The van der Waals surface area contributed by atoms with Crippen molar-refractivity contribution in [3.8, 4) is 11.5 Å². The average Bonchev–Trinajstić information content (AvgIpc) is 3.53. The van der Waals surface area contributed by atoms with Crippen LogP contribution in [-0.2, 0) is 5.41 Å². The van der Waals surface area contributed by atoms with Crippen LogP contribution in [0.3, 0.4) is 0 Å². The van der Waals surface area contributed by atoms with Crippen molar-refractivity contribution in [2.45, 2.75) is 43.6 Å². The van der Waals surface area contributed by atoms with Gasteiger partial charge in [-0.2, -0.15) is 0 Å². The smallest absolute Gasteiger partial charge is 0.315 e. The normalized spacial score (nSPS) is 23.7. The Morgan fingerprint density at radius 2 is 1.79 bits per heavy atom. The van der Waals surface area contributed by atoms with E-state index in [2.05, 4.69) is 17.4 Å². The summed E-state index contributed by atoms with van der Waals surface area (Å²) in [6.07, 6.45) is 1.96. The van der Waals surface area contributed by atoms with Crippen molar-refractivity contribution >= 4 is 35.0 Å². The van der Waals surface area contributed by atoms with Crippen molar-refractivity contribution in [1.82, 2.24) is 10.2 Å². The molecule has 2 aliphatic rings. The van der Waals surface area contributed by atoms with E-state index >= 15 is 4.79 Å². The fourth-order valence-corrected chi connectivity index (χ4v) is 7.53. The first-order chi connectivity index (χ1) is 20.2. The van der Waals surface area contributed by atoms with Crippen molar-refractivity contribution in [3.05, 3.63) is 93.5 Å². The van der Waals surface area contributed by atoms with Crippen LogP contribution in [0, 0.1) is 5.41 Å². The van der Waals surface area contributed by atoms with Crippen LogP contribution >= 0.6 is 23.2 Å². The van der Waals surface area contributed by atoms with E-state index in [0.29, 0.717) is 59.6 Å². The highest BCUT2D eigenvalue weighted by Crippen LogP contribution is 2.55. The summed E-state index contributed by atoms with van der Waals surface area (Å²) < 4.78 is 11.2. The minimum Gasteiger partial charge on any atom is -0.497 e. The van der Waals surface area contributed by atoms with Crippen LogP contribution in [0.4, 0.5) is 4.79 Å². The summed E-state index contributed by atoms with van der Waals surface area (Å²) in [4.78, 5) is 30.1. The van der Waals surface area contributed by atoms with Gasteiger partial charge in [0.05, 0.1) is 35.2 Å². The van der Waals surface area contributed by atoms with Gasteiger partial charge < -0.3 is 25.4 Å². The van der Waals surface area contributed by atoms with E-state index < -0.39 is 22.9 Å². The molecule has 4 unspecified atom stereocenters. The maximum Gasteiger partial charge on any atom is 0.315 e. The minimum absolute atomic E-state index is 0.136. The predicted octanol–water partition coefficient (Wildman–Crippen LogP) is 6.46. The number of carbonyl (C=O) groups is 2. The lowest BCUT2D eigenvalue weighted by molar-refractivity contribution is 0.0129. The number of Topliss-reactive ketones (excluding diaryl/α,β-unsaturated/α-hetero) is 1. The Labute approximate surface area is 257 Å². The fourth-order valence-electron chi connectivity index (χ4n) is 7.23. The molecular formula is C33H37Cl2N3O4. The Balaban J connectivity index is 1.76. The molecule has 0 bridgehead atoms. The van der Waals surface area contributed by atoms with Gasteiger partial charge in [0.25, 0.3) is 0 Å². The first-order valence-electron chi connectivity index (χ1n) is 14.2. The second-order valence-electron chi connectivity index (χ2n) is 11.4. The number of carbonyl (C=O) groups excluding carboxylic acids is 2. The maximum atomic E-state index is 15.3. The van der Waals surface area contributed by atoms with E-state index in [4.69, 9.17) is 38.4 Å². The van der Waals surface area contributed by atoms with Crippen LogP contribution in [0.5, 0.6) is 11.5 Å². The third-order valence-electron chi connectivity index (χ3n) is 9.57. The SMILES string of the molecule is COc1ccc(C(=O)C(C)(C2CC(c3ccccc3)CCN2C(N)=O)C2(c3ccc(Cl)c(Cl)c3)CCNC2)c(OC)c1. The predicted molar refractivity (Wildman–Crippen MR) is 166 cm³/mol. The zero-order valence-corrected chi connectivity index (χ0v) is 25.7. The van der Waals surface area contributed by atoms with E-state index in [0.717, 1.165) is 12.0 Å². The number of urea groups is 1. The van der Waals surface area contributed by atoms with Crippen molar-refractivity contribution in [2.24, 2.45) is 11.1 Å². The van der Waals surface area contributed by atoms with Crippen LogP contribution < -0.4 is 20.5 Å². The molecule has 0 spiro atoms. The van der Waals surface area contributed by atoms with Gasteiger partial charge in [0.1, 0.15) is 11.5 Å². The molecule has 3 aromatic rings. The molecule has 0 aliphatic carbocycles. The van der Waals surface area contributed by atoms with Crippen LogP contribution in [0.25, 0.3) is 0 Å². The topological polar surface area (TPSA) is 93.9 Å². The first-order valence-corrected chi connectivity index (χ1v) is 15.0. The monoisotopic (exact) mass is 609 g/mol. The molecular weight excluding hydrogens is 573 g/mol. The summed E-state index contributed by atoms with van der Waals surface area (Å²) in [5.74, 6) is 0.980. The largest absolute Gasteiger partial charge is 0.497 e. The van der Waals surface area contributed by atoms with Crippen molar-refractivity contribution in [2.75, 3.05) is 33.9 Å². The molecule has 2 saturated heterocycles. The molecule has 0 saturated carbocycles. The molecule has 2 heterocycles. The number of rotatable bonds is 8. The second kappa shape index (κ2) is 12.2. The van der Waals surface area contributed by atoms with Gasteiger partial charge in [0.15, 0.2) is 5.78 Å². The van der Waals surface area contributed by atoms with Gasteiger partial charge in [0, 0.05) is 30.6 Å². The van der Waals surface area contributed by atoms with Gasteiger partial charge in [-0.1, -0.05) is 59.6 Å².